The van der Waals surface area contributed by atoms with Gasteiger partial charge in [-0.1, -0.05) is 6.42 Å². The summed E-state index contributed by atoms with van der Waals surface area (Å²) in [6.07, 6.45) is 5.14. The number of carbonyl (C=O) groups is 1. The van der Waals surface area contributed by atoms with E-state index in [1.807, 2.05) is 6.92 Å². The maximum atomic E-state index is 11.5. The number of rotatable bonds is 7. The first-order valence-electron chi connectivity index (χ1n) is 6.09. The summed E-state index contributed by atoms with van der Waals surface area (Å²) in [6.45, 7) is 3.41. The number of nitrogens with two attached hydrogens (primary N) is 1. The van der Waals surface area contributed by atoms with Gasteiger partial charge in [0.15, 0.2) is 0 Å². The Hall–Kier alpha value is -0.610. The zero-order chi connectivity index (χ0) is 12.0. The molecule has 0 bridgehead atoms. The van der Waals surface area contributed by atoms with Gasteiger partial charge in [-0.15, -0.1) is 0 Å². The fourth-order valence-electron chi connectivity index (χ4n) is 2.16. The Morgan fingerprint density at radius 1 is 1.56 bits per heavy atom. The van der Waals surface area contributed by atoms with E-state index in [-0.39, 0.29) is 11.9 Å². The average Bonchev–Trinajstić information content (AvgIpc) is 2.14. The molecule has 1 aliphatic carbocycles. The molecule has 1 saturated carbocycles. The van der Waals surface area contributed by atoms with E-state index in [2.05, 4.69) is 5.32 Å². The standard InChI is InChI=1S/C12H24N2O2/c1-10(13)8-11(15)14-9-12(4-3-5-12)6-7-16-2/h10H,3-9,13H2,1-2H3,(H,14,15). The Labute approximate surface area is 97.9 Å². The minimum absolute atomic E-state index is 0.0590. The van der Waals surface area contributed by atoms with Crippen LogP contribution in [-0.2, 0) is 9.53 Å². The molecule has 0 spiro atoms. The van der Waals surface area contributed by atoms with Crippen molar-refractivity contribution in [2.75, 3.05) is 20.3 Å². The van der Waals surface area contributed by atoms with Crippen LogP contribution in [0, 0.1) is 5.41 Å². The largest absolute Gasteiger partial charge is 0.385 e. The predicted octanol–water partition coefficient (Wildman–Crippen LogP) is 1.05. The predicted molar refractivity (Wildman–Crippen MR) is 64.1 cm³/mol. The van der Waals surface area contributed by atoms with Crippen LogP contribution in [0.5, 0.6) is 0 Å². The van der Waals surface area contributed by atoms with Crippen LogP contribution >= 0.6 is 0 Å². The van der Waals surface area contributed by atoms with Crippen LogP contribution < -0.4 is 11.1 Å². The van der Waals surface area contributed by atoms with Crippen LogP contribution in [0.1, 0.15) is 39.0 Å². The van der Waals surface area contributed by atoms with Crippen molar-refractivity contribution in [2.45, 2.75) is 45.1 Å². The van der Waals surface area contributed by atoms with Crippen molar-refractivity contribution < 1.29 is 9.53 Å². The lowest BCUT2D eigenvalue weighted by Crippen LogP contribution is -2.43. The Balaban J connectivity index is 2.25. The van der Waals surface area contributed by atoms with Gasteiger partial charge in [0.2, 0.25) is 5.91 Å². The van der Waals surface area contributed by atoms with Crippen LogP contribution in [0.4, 0.5) is 0 Å². The van der Waals surface area contributed by atoms with Gasteiger partial charge in [-0.2, -0.15) is 0 Å². The van der Waals surface area contributed by atoms with Crippen molar-refractivity contribution in [1.29, 1.82) is 0 Å². The molecule has 1 fully saturated rings. The fourth-order valence-corrected chi connectivity index (χ4v) is 2.16. The van der Waals surface area contributed by atoms with E-state index >= 15 is 0 Å². The van der Waals surface area contributed by atoms with Crippen LogP contribution in [0.25, 0.3) is 0 Å². The molecule has 1 atom stereocenters. The number of hydrogen-bond acceptors (Lipinski definition) is 3. The molecule has 0 aromatic heterocycles. The van der Waals surface area contributed by atoms with Crippen LogP contribution in [0.2, 0.25) is 0 Å². The minimum atomic E-state index is -0.0590. The lowest BCUT2D eigenvalue weighted by Gasteiger charge is -2.42. The van der Waals surface area contributed by atoms with Gasteiger partial charge < -0.3 is 15.8 Å². The van der Waals surface area contributed by atoms with Crippen molar-refractivity contribution in [1.82, 2.24) is 5.32 Å². The van der Waals surface area contributed by atoms with E-state index in [1.165, 1.54) is 19.3 Å². The second kappa shape index (κ2) is 6.21. The molecule has 0 radical (unpaired) electrons. The van der Waals surface area contributed by atoms with Crippen molar-refractivity contribution in [3.8, 4) is 0 Å². The van der Waals surface area contributed by atoms with Gasteiger partial charge in [-0.3, -0.25) is 4.79 Å². The van der Waals surface area contributed by atoms with E-state index in [9.17, 15) is 4.79 Å². The molecule has 0 aliphatic heterocycles. The van der Waals surface area contributed by atoms with Crippen molar-refractivity contribution in [3.05, 3.63) is 0 Å². The number of methoxy groups -OCH3 is 1. The molecule has 1 rings (SSSR count). The van der Waals surface area contributed by atoms with Gasteiger partial charge in [-0.05, 0) is 31.6 Å². The highest BCUT2D eigenvalue weighted by Crippen LogP contribution is 2.43. The summed E-state index contributed by atoms with van der Waals surface area (Å²) in [7, 11) is 1.72. The highest BCUT2D eigenvalue weighted by Gasteiger charge is 2.36. The first-order chi connectivity index (χ1) is 7.58. The van der Waals surface area contributed by atoms with Crippen LogP contribution in [-0.4, -0.2) is 32.2 Å². The molecule has 16 heavy (non-hydrogen) atoms. The van der Waals surface area contributed by atoms with E-state index < -0.39 is 0 Å². The molecule has 1 aliphatic rings. The summed E-state index contributed by atoms with van der Waals surface area (Å²) in [5, 5.41) is 2.99. The summed E-state index contributed by atoms with van der Waals surface area (Å²) in [6, 6.07) is -0.0590. The normalized spacial score (nSPS) is 19.9. The van der Waals surface area contributed by atoms with Crippen LogP contribution in [0.3, 0.4) is 0 Å². The molecular formula is C12H24N2O2. The molecule has 94 valence electrons. The molecule has 4 heteroatoms. The van der Waals surface area contributed by atoms with Crippen molar-refractivity contribution in [3.63, 3.8) is 0 Å². The van der Waals surface area contributed by atoms with E-state index in [0.717, 1.165) is 19.6 Å². The topological polar surface area (TPSA) is 64.3 Å². The monoisotopic (exact) mass is 228 g/mol. The van der Waals surface area contributed by atoms with Gasteiger partial charge in [0.25, 0.3) is 0 Å². The van der Waals surface area contributed by atoms with Crippen LogP contribution in [0.15, 0.2) is 0 Å². The molecule has 0 heterocycles. The molecular weight excluding hydrogens is 204 g/mol. The summed E-state index contributed by atoms with van der Waals surface area (Å²) in [5.74, 6) is 0.0682. The van der Waals surface area contributed by atoms with Gasteiger partial charge in [0.1, 0.15) is 0 Å². The first kappa shape index (κ1) is 13.5. The first-order valence-corrected chi connectivity index (χ1v) is 6.09. The number of nitrogens with one attached hydrogen (secondary N) is 1. The van der Waals surface area contributed by atoms with Gasteiger partial charge in [0, 0.05) is 32.7 Å². The molecule has 1 unspecified atom stereocenters. The summed E-state index contributed by atoms with van der Waals surface area (Å²) >= 11 is 0. The number of carbonyl (C=O) groups excluding carboxylic acids is 1. The second-order valence-electron chi connectivity index (χ2n) is 5.05. The summed E-state index contributed by atoms with van der Waals surface area (Å²) < 4.78 is 5.11. The third-order valence-electron chi connectivity index (χ3n) is 3.42. The smallest absolute Gasteiger partial charge is 0.221 e. The average molecular weight is 228 g/mol. The lowest BCUT2D eigenvalue weighted by molar-refractivity contribution is -0.122. The SMILES string of the molecule is COCCC1(CNC(=O)CC(C)N)CCC1. The number of hydrogen-bond donors (Lipinski definition) is 2. The Morgan fingerprint density at radius 2 is 2.25 bits per heavy atom. The maximum Gasteiger partial charge on any atom is 0.221 e. The van der Waals surface area contributed by atoms with Gasteiger partial charge in [-0.25, -0.2) is 0 Å². The highest BCUT2D eigenvalue weighted by molar-refractivity contribution is 5.76. The van der Waals surface area contributed by atoms with Gasteiger partial charge in [0.05, 0.1) is 0 Å². The Bertz CT molecular complexity index is 225. The van der Waals surface area contributed by atoms with Crippen molar-refractivity contribution in [2.24, 2.45) is 11.1 Å². The molecule has 0 saturated heterocycles. The third-order valence-corrected chi connectivity index (χ3v) is 3.42. The zero-order valence-corrected chi connectivity index (χ0v) is 10.4. The van der Waals surface area contributed by atoms with Crippen molar-refractivity contribution >= 4 is 5.91 Å². The Morgan fingerprint density at radius 3 is 2.69 bits per heavy atom. The lowest BCUT2D eigenvalue weighted by atomic mass is 9.66. The molecule has 0 aromatic rings. The Kier molecular flexibility index (Phi) is 5.22. The minimum Gasteiger partial charge on any atom is -0.385 e. The highest BCUT2D eigenvalue weighted by atomic mass is 16.5. The van der Waals surface area contributed by atoms with E-state index in [0.29, 0.717) is 11.8 Å². The number of ether oxygens (including phenoxy) is 1. The zero-order valence-electron chi connectivity index (χ0n) is 10.4. The fraction of sp³-hybridized carbons (Fsp3) is 0.917. The van der Waals surface area contributed by atoms with E-state index in [4.69, 9.17) is 10.5 Å². The van der Waals surface area contributed by atoms with Gasteiger partial charge >= 0.3 is 0 Å². The molecule has 3 N–H and O–H groups in total. The molecule has 0 aromatic carbocycles. The number of amides is 1. The summed E-state index contributed by atoms with van der Waals surface area (Å²) in [4.78, 5) is 11.5. The van der Waals surface area contributed by atoms with E-state index in [1.54, 1.807) is 7.11 Å². The molecule has 4 nitrogen and oxygen atoms in total. The third kappa shape index (κ3) is 4.10. The summed E-state index contributed by atoms with van der Waals surface area (Å²) in [5.41, 5.74) is 5.87. The molecule has 1 amide bonds. The maximum absolute atomic E-state index is 11.5. The quantitative estimate of drug-likeness (QED) is 0.684. The second-order valence-corrected chi connectivity index (χ2v) is 5.05.